The summed E-state index contributed by atoms with van der Waals surface area (Å²) in [6.07, 6.45) is 3.64. The highest BCUT2D eigenvalue weighted by molar-refractivity contribution is 6.35. The molecule has 2 aromatic rings. The number of carbonyl (C=O) groups excluding carboxylic acids is 1. The van der Waals surface area contributed by atoms with Gasteiger partial charge in [-0.3, -0.25) is 4.79 Å². The molecule has 0 spiro atoms. The second-order valence-corrected chi connectivity index (χ2v) is 5.93. The summed E-state index contributed by atoms with van der Waals surface area (Å²) in [6.45, 7) is 1.97. The van der Waals surface area contributed by atoms with Crippen LogP contribution < -0.4 is 0 Å². The summed E-state index contributed by atoms with van der Waals surface area (Å²) in [5.74, 6) is 0.580. The molecular formula is C18H17ClO. The predicted molar refractivity (Wildman–Crippen MR) is 82.7 cm³/mol. The predicted octanol–water partition coefficient (Wildman–Crippen LogP) is 5.15. The number of hydrogen-bond acceptors (Lipinski definition) is 1. The molecule has 0 unspecified atom stereocenters. The first-order valence-corrected chi connectivity index (χ1v) is 7.44. The van der Waals surface area contributed by atoms with Crippen molar-refractivity contribution in [3.05, 3.63) is 69.7 Å². The topological polar surface area (TPSA) is 17.1 Å². The van der Waals surface area contributed by atoms with Gasteiger partial charge in [-0.15, -0.1) is 0 Å². The number of hydrogen-bond donors (Lipinski definition) is 0. The van der Waals surface area contributed by atoms with Gasteiger partial charge in [-0.25, -0.2) is 0 Å². The lowest BCUT2D eigenvalue weighted by Gasteiger charge is -2.27. The van der Waals surface area contributed by atoms with Crippen molar-refractivity contribution in [3.8, 4) is 0 Å². The van der Waals surface area contributed by atoms with Crippen LogP contribution in [0.1, 0.15) is 52.2 Å². The normalized spacial score (nSPS) is 14.9. The highest BCUT2D eigenvalue weighted by atomic mass is 35.5. The van der Waals surface area contributed by atoms with Crippen molar-refractivity contribution in [2.24, 2.45) is 0 Å². The number of benzene rings is 2. The first-order valence-electron chi connectivity index (χ1n) is 7.06. The Morgan fingerprint density at radius 1 is 1.10 bits per heavy atom. The SMILES string of the molecule is Cc1ccc(C(=O)c2ccccc2C2CCC2)c(Cl)c1. The molecule has 0 aromatic heterocycles. The Labute approximate surface area is 124 Å². The van der Waals surface area contributed by atoms with Gasteiger partial charge in [-0.1, -0.05) is 48.4 Å². The van der Waals surface area contributed by atoms with Crippen molar-refractivity contribution in [2.45, 2.75) is 32.1 Å². The van der Waals surface area contributed by atoms with Crippen molar-refractivity contribution in [1.29, 1.82) is 0 Å². The van der Waals surface area contributed by atoms with Crippen LogP contribution >= 0.6 is 11.6 Å². The van der Waals surface area contributed by atoms with Crippen LogP contribution in [0.15, 0.2) is 42.5 Å². The molecule has 1 saturated carbocycles. The van der Waals surface area contributed by atoms with E-state index in [0.717, 1.165) is 11.1 Å². The molecule has 2 aromatic carbocycles. The van der Waals surface area contributed by atoms with Gasteiger partial charge in [0, 0.05) is 11.1 Å². The maximum absolute atomic E-state index is 12.8. The molecule has 0 aliphatic heterocycles. The zero-order valence-electron chi connectivity index (χ0n) is 11.5. The van der Waals surface area contributed by atoms with Crippen LogP contribution in [0.5, 0.6) is 0 Å². The molecule has 0 amide bonds. The highest BCUT2D eigenvalue weighted by Crippen LogP contribution is 2.38. The number of halogens is 1. The van der Waals surface area contributed by atoms with Crippen molar-refractivity contribution in [2.75, 3.05) is 0 Å². The monoisotopic (exact) mass is 284 g/mol. The molecular weight excluding hydrogens is 268 g/mol. The molecule has 1 aliphatic rings. The van der Waals surface area contributed by atoms with Crippen LogP contribution in [0.25, 0.3) is 0 Å². The van der Waals surface area contributed by atoms with E-state index in [-0.39, 0.29) is 5.78 Å². The average Bonchev–Trinajstić information content (AvgIpc) is 2.37. The second-order valence-electron chi connectivity index (χ2n) is 5.53. The van der Waals surface area contributed by atoms with Crippen LogP contribution in [0.3, 0.4) is 0 Å². The third-order valence-corrected chi connectivity index (χ3v) is 4.43. The molecule has 0 heterocycles. The number of ketones is 1. The molecule has 0 atom stereocenters. The lowest BCUT2D eigenvalue weighted by Crippen LogP contribution is -2.14. The van der Waals surface area contributed by atoms with Crippen LogP contribution in [0.2, 0.25) is 5.02 Å². The fourth-order valence-electron chi connectivity index (χ4n) is 2.73. The van der Waals surface area contributed by atoms with E-state index in [1.165, 1.54) is 24.8 Å². The zero-order chi connectivity index (χ0) is 14.1. The summed E-state index contributed by atoms with van der Waals surface area (Å²) in [5, 5.41) is 0.540. The molecule has 0 bridgehead atoms. The molecule has 102 valence electrons. The Bertz CT molecular complexity index is 656. The summed E-state index contributed by atoms with van der Waals surface area (Å²) in [7, 11) is 0. The Balaban J connectivity index is 2.02. The first-order chi connectivity index (χ1) is 9.66. The standard InChI is InChI=1S/C18H17ClO/c1-12-9-10-16(17(19)11-12)18(20)15-8-3-2-7-14(15)13-5-4-6-13/h2-3,7-11,13H,4-6H2,1H3. The van der Waals surface area contributed by atoms with Gasteiger partial charge in [0.2, 0.25) is 0 Å². The largest absolute Gasteiger partial charge is 0.289 e. The van der Waals surface area contributed by atoms with Gasteiger partial charge in [0.15, 0.2) is 5.78 Å². The van der Waals surface area contributed by atoms with Crippen LogP contribution in [-0.4, -0.2) is 5.78 Å². The van der Waals surface area contributed by atoms with E-state index < -0.39 is 0 Å². The Morgan fingerprint density at radius 3 is 2.50 bits per heavy atom. The second kappa shape index (κ2) is 5.41. The van der Waals surface area contributed by atoms with Crippen LogP contribution in [-0.2, 0) is 0 Å². The van der Waals surface area contributed by atoms with Crippen molar-refractivity contribution in [3.63, 3.8) is 0 Å². The molecule has 20 heavy (non-hydrogen) atoms. The Kier molecular flexibility index (Phi) is 3.62. The summed E-state index contributed by atoms with van der Waals surface area (Å²) >= 11 is 6.23. The van der Waals surface area contributed by atoms with E-state index in [1.807, 2.05) is 43.3 Å². The lowest BCUT2D eigenvalue weighted by molar-refractivity contribution is 0.103. The average molecular weight is 285 g/mol. The summed E-state index contributed by atoms with van der Waals surface area (Å²) in [6, 6.07) is 13.6. The smallest absolute Gasteiger partial charge is 0.194 e. The van der Waals surface area contributed by atoms with Gasteiger partial charge in [-0.05, 0) is 48.9 Å². The van der Waals surface area contributed by atoms with E-state index in [9.17, 15) is 4.79 Å². The number of rotatable bonds is 3. The van der Waals surface area contributed by atoms with E-state index in [0.29, 0.717) is 16.5 Å². The lowest BCUT2D eigenvalue weighted by atomic mass is 9.77. The first kappa shape index (κ1) is 13.4. The van der Waals surface area contributed by atoms with Gasteiger partial charge < -0.3 is 0 Å². The van der Waals surface area contributed by atoms with E-state index >= 15 is 0 Å². The molecule has 1 fully saturated rings. The van der Waals surface area contributed by atoms with Crippen molar-refractivity contribution >= 4 is 17.4 Å². The molecule has 2 heteroatoms. The van der Waals surface area contributed by atoms with Gasteiger partial charge in [0.25, 0.3) is 0 Å². The van der Waals surface area contributed by atoms with Gasteiger partial charge in [-0.2, -0.15) is 0 Å². The maximum Gasteiger partial charge on any atom is 0.194 e. The molecule has 0 radical (unpaired) electrons. The van der Waals surface area contributed by atoms with Crippen molar-refractivity contribution < 1.29 is 4.79 Å². The van der Waals surface area contributed by atoms with Gasteiger partial charge in [0.1, 0.15) is 0 Å². The molecule has 1 aliphatic carbocycles. The van der Waals surface area contributed by atoms with E-state index in [2.05, 4.69) is 6.07 Å². The van der Waals surface area contributed by atoms with Crippen LogP contribution in [0.4, 0.5) is 0 Å². The molecule has 0 N–H and O–H groups in total. The number of carbonyl (C=O) groups is 1. The minimum Gasteiger partial charge on any atom is -0.289 e. The highest BCUT2D eigenvalue weighted by Gasteiger charge is 2.25. The van der Waals surface area contributed by atoms with Gasteiger partial charge >= 0.3 is 0 Å². The Hall–Kier alpha value is -1.60. The third kappa shape index (κ3) is 2.38. The maximum atomic E-state index is 12.8. The van der Waals surface area contributed by atoms with E-state index in [1.54, 1.807) is 0 Å². The number of aryl methyl sites for hydroxylation is 1. The Morgan fingerprint density at radius 2 is 1.85 bits per heavy atom. The van der Waals surface area contributed by atoms with Gasteiger partial charge in [0.05, 0.1) is 5.02 Å². The fourth-order valence-corrected chi connectivity index (χ4v) is 3.05. The minimum atomic E-state index is 0.0394. The van der Waals surface area contributed by atoms with Crippen LogP contribution in [0, 0.1) is 6.92 Å². The van der Waals surface area contributed by atoms with E-state index in [4.69, 9.17) is 11.6 Å². The summed E-state index contributed by atoms with van der Waals surface area (Å²) in [5.41, 5.74) is 3.66. The fraction of sp³-hybridized carbons (Fsp3) is 0.278. The zero-order valence-corrected chi connectivity index (χ0v) is 12.3. The quantitative estimate of drug-likeness (QED) is 0.713. The minimum absolute atomic E-state index is 0.0394. The third-order valence-electron chi connectivity index (χ3n) is 4.12. The molecule has 1 nitrogen and oxygen atoms in total. The van der Waals surface area contributed by atoms with Crippen molar-refractivity contribution in [1.82, 2.24) is 0 Å². The molecule has 3 rings (SSSR count). The summed E-state index contributed by atoms with van der Waals surface area (Å²) in [4.78, 5) is 12.8. The molecule has 0 saturated heterocycles. The summed E-state index contributed by atoms with van der Waals surface area (Å²) < 4.78 is 0.